The van der Waals surface area contributed by atoms with Gasteiger partial charge in [0.05, 0.1) is 12.7 Å². The lowest BCUT2D eigenvalue weighted by molar-refractivity contribution is -0.117. The maximum Gasteiger partial charge on any atom is 0.250 e. The first-order valence-electron chi connectivity index (χ1n) is 9.77. The molecule has 0 aromatic heterocycles. The van der Waals surface area contributed by atoms with Crippen LogP contribution in [0.5, 0.6) is 17.2 Å². The van der Waals surface area contributed by atoms with Gasteiger partial charge in [0.1, 0.15) is 19.0 Å². The molecule has 0 atom stereocenters. The molecule has 0 aliphatic carbocycles. The van der Waals surface area contributed by atoms with Gasteiger partial charge in [-0.15, -0.1) is 0 Å². The molecule has 5 heteroatoms. The minimum Gasteiger partial charge on any atom is -0.493 e. The zero-order valence-corrected chi connectivity index (χ0v) is 16.8. The fraction of sp³-hybridized carbons (Fsp3) is 0.160. The lowest BCUT2D eigenvalue weighted by Crippen LogP contribution is -2.28. The molecule has 1 N–H and O–H groups in total. The number of methoxy groups -OCH3 is 1. The summed E-state index contributed by atoms with van der Waals surface area (Å²) < 4.78 is 17.0. The highest BCUT2D eigenvalue weighted by Gasteiger charge is 2.17. The van der Waals surface area contributed by atoms with Crippen molar-refractivity contribution in [3.63, 3.8) is 0 Å². The van der Waals surface area contributed by atoms with E-state index in [4.69, 9.17) is 14.2 Å². The Bertz CT molecular complexity index is 1060. The average Bonchev–Trinajstić information content (AvgIpc) is 2.81. The number of nitrogens with one attached hydrogen (secondary N) is 1. The second-order valence-corrected chi connectivity index (χ2v) is 6.94. The Morgan fingerprint density at radius 3 is 2.60 bits per heavy atom. The number of amides is 1. The molecule has 4 rings (SSSR count). The van der Waals surface area contributed by atoms with Gasteiger partial charge in [-0.3, -0.25) is 4.79 Å². The molecule has 0 spiro atoms. The van der Waals surface area contributed by atoms with Crippen LogP contribution >= 0.6 is 0 Å². The Morgan fingerprint density at radius 1 is 0.967 bits per heavy atom. The van der Waals surface area contributed by atoms with Gasteiger partial charge >= 0.3 is 0 Å². The van der Waals surface area contributed by atoms with Gasteiger partial charge in [-0.1, -0.05) is 54.6 Å². The Morgan fingerprint density at radius 2 is 1.77 bits per heavy atom. The van der Waals surface area contributed by atoms with E-state index in [2.05, 4.69) is 5.32 Å². The highest BCUT2D eigenvalue weighted by molar-refractivity contribution is 5.99. The quantitative estimate of drug-likeness (QED) is 0.639. The van der Waals surface area contributed by atoms with Crippen LogP contribution in [0.25, 0.3) is 6.08 Å². The molecule has 0 fully saturated rings. The number of benzene rings is 3. The maximum atomic E-state index is 12.5. The minimum absolute atomic E-state index is 0.145. The summed E-state index contributed by atoms with van der Waals surface area (Å²) in [6.07, 6.45) is 1.87. The van der Waals surface area contributed by atoms with Crippen LogP contribution in [-0.2, 0) is 17.9 Å². The van der Waals surface area contributed by atoms with Gasteiger partial charge in [0, 0.05) is 12.1 Å². The molecular formula is C25H23NO4. The standard InChI is InChI=1S/C25H23NO4/c1-28-24-13-19(11-12-23(24)29-16-18-7-3-2-4-8-18)15-26-25(27)21-14-20-9-5-6-10-22(20)30-17-21/h2-14H,15-17H2,1H3,(H,26,27). The first-order valence-corrected chi connectivity index (χ1v) is 9.77. The molecule has 0 saturated carbocycles. The summed E-state index contributed by atoms with van der Waals surface area (Å²) in [5.41, 5.74) is 3.52. The molecular weight excluding hydrogens is 378 g/mol. The molecule has 1 amide bonds. The molecule has 0 radical (unpaired) electrons. The number of carbonyl (C=O) groups excluding carboxylic acids is 1. The van der Waals surface area contributed by atoms with Gasteiger partial charge in [-0.25, -0.2) is 0 Å². The monoisotopic (exact) mass is 401 g/mol. The predicted molar refractivity (Wildman–Crippen MR) is 116 cm³/mol. The van der Waals surface area contributed by atoms with E-state index in [0.717, 1.165) is 22.4 Å². The van der Waals surface area contributed by atoms with Crippen molar-refractivity contribution in [1.29, 1.82) is 0 Å². The Kier molecular flexibility index (Phi) is 5.99. The summed E-state index contributed by atoms with van der Waals surface area (Å²) >= 11 is 0. The predicted octanol–water partition coefficient (Wildman–Crippen LogP) is 4.37. The van der Waals surface area contributed by atoms with Crippen LogP contribution < -0.4 is 19.5 Å². The van der Waals surface area contributed by atoms with Gasteiger partial charge in [0.15, 0.2) is 11.5 Å². The molecule has 30 heavy (non-hydrogen) atoms. The fourth-order valence-corrected chi connectivity index (χ4v) is 3.22. The van der Waals surface area contributed by atoms with Gasteiger partial charge in [-0.05, 0) is 35.4 Å². The molecule has 152 valence electrons. The third kappa shape index (κ3) is 4.63. The van der Waals surface area contributed by atoms with Crippen LogP contribution in [0.3, 0.4) is 0 Å². The number of rotatable bonds is 7. The molecule has 1 aliphatic heterocycles. The van der Waals surface area contributed by atoms with E-state index in [1.807, 2.05) is 78.9 Å². The summed E-state index contributed by atoms with van der Waals surface area (Å²) in [6.45, 7) is 1.11. The Balaban J connectivity index is 1.38. The molecule has 0 bridgehead atoms. The third-order valence-corrected chi connectivity index (χ3v) is 4.84. The number of para-hydroxylation sites is 1. The first kappa shape index (κ1) is 19.6. The fourth-order valence-electron chi connectivity index (χ4n) is 3.22. The molecule has 0 unspecified atom stereocenters. The lowest BCUT2D eigenvalue weighted by atomic mass is 10.1. The van der Waals surface area contributed by atoms with E-state index in [1.54, 1.807) is 7.11 Å². The van der Waals surface area contributed by atoms with Gasteiger partial charge in [0.25, 0.3) is 5.91 Å². The molecule has 1 heterocycles. The van der Waals surface area contributed by atoms with E-state index in [9.17, 15) is 4.79 Å². The van der Waals surface area contributed by atoms with Crippen LogP contribution in [0.1, 0.15) is 16.7 Å². The van der Waals surface area contributed by atoms with Gasteiger partial charge < -0.3 is 19.5 Å². The van der Waals surface area contributed by atoms with E-state index in [-0.39, 0.29) is 12.5 Å². The summed E-state index contributed by atoms with van der Waals surface area (Å²) in [5, 5.41) is 2.94. The van der Waals surface area contributed by atoms with Crippen molar-refractivity contribution in [3.8, 4) is 17.2 Å². The highest BCUT2D eigenvalue weighted by atomic mass is 16.5. The van der Waals surface area contributed by atoms with E-state index in [1.165, 1.54) is 0 Å². The SMILES string of the molecule is COc1cc(CNC(=O)C2=Cc3ccccc3OC2)ccc1OCc1ccccc1. The maximum absolute atomic E-state index is 12.5. The van der Waals surface area contributed by atoms with Crippen LogP contribution in [0.15, 0.2) is 78.4 Å². The summed E-state index contributed by atoms with van der Waals surface area (Å²) in [6, 6.07) is 23.3. The number of carbonyl (C=O) groups is 1. The lowest BCUT2D eigenvalue weighted by Gasteiger charge is -2.17. The Labute approximate surface area is 175 Å². The van der Waals surface area contributed by atoms with Crippen LogP contribution in [0.4, 0.5) is 0 Å². The Hall–Kier alpha value is -3.73. The normalized spacial score (nSPS) is 12.2. The number of hydrogen-bond acceptors (Lipinski definition) is 4. The molecule has 3 aromatic rings. The second kappa shape index (κ2) is 9.18. The van der Waals surface area contributed by atoms with Crippen LogP contribution in [0.2, 0.25) is 0 Å². The zero-order valence-electron chi connectivity index (χ0n) is 16.8. The minimum atomic E-state index is -0.145. The molecule has 5 nitrogen and oxygen atoms in total. The van der Waals surface area contributed by atoms with Crippen LogP contribution in [-0.4, -0.2) is 19.6 Å². The number of fused-ring (bicyclic) bond motifs is 1. The van der Waals surface area contributed by atoms with Crippen molar-refractivity contribution in [2.75, 3.05) is 13.7 Å². The summed E-state index contributed by atoms with van der Waals surface area (Å²) in [7, 11) is 1.61. The number of hydrogen-bond donors (Lipinski definition) is 1. The molecule has 0 saturated heterocycles. The topological polar surface area (TPSA) is 56.8 Å². The average molecular weight is 401 g/mol. The molecule has 3 aromatic carbocycles. The first-order chi connectivity index (χ1) is 14.7. The van der Waals surface area contributed by atoms with E-state index in [0.29, 0.717) is 30.2 Å². The van der Waals surface area contributed by atoms with Crippen molar-refractivity contribution in [1.82, 2.24) is 5.32 Å². The van der Waals surface area contributed by atoms with Crippen molar-refractivity contribution in [2.24, 2.45) is 0 Å². The van der Waals surface area contributed by atoms with Crippen molar-refractivity contribution >= 4 is 12.0 Å². The summed E-state index contributed by atoms with van der Waals surface area (Å²) in [5.74, 6) is 1.95. The van der Waals surface area contributed by atoms with Crippen LogP contribution in [0, 0.1) is 0 Å². The number of ether oxygens (including phenoxy) is 3. The molecule has 1 aliphatic rings. The highest BCUT2D eigenvalue weighted by Crippen LogP contribution is 2.29. The second-order valence-electron chi connectivity index (χ2n) is 6.94. The smallest absolute Gasteiger partial charge is 0.250 e. The van der Waals surface area contributed by atoms with E-state index >= 15 is 0 Å². The largest absolute Gasteiger partial charge is 0.493 e. The van der Waals surface area contributed by atoms with Crippen molar-refractivity contribution < 1.29 is 19.0 Å². The third-order valence-electron chi connectivity index (χ3n) is 4.84. The zero-order chi connectivity index (χ0) is 20.8. The van der Waals surface area contributed by atoms with Gasteiger partial charge in [0.2, 0.25) is 0 Å². The van der Waals surface area contributed by atoms with E-state index < -0.39 is 0 Å². The van der Waals surface area contributed by atoms with Crippen molar-refractivity contribution in [3.05, 3.63) is 95.1 Å². The van der Waals surface area contributed by atoms with Gasteiger partial charge in [-0.2, -0.15) is 0 Å². The summed E-state index contributed by atoms with van der Waals surface area (Å²) in [4.78, 5) is 12.5. The van der Waals surface area contributed by atoms with Crippen molar-refractivity contribution in [2.45, 2.75) is 13.2 Å².